The molecule has 23 heavy (non-hydrogen) atoms. The van der Waals surface area contributed by atoms with E-state index in [1.165, 1.54) is 5.56 Å². The molecule has 0 aromatic heterocycles. The molecular formula is C19H18N2O2. The first-order valence-corrected chi connectivity index (χ1v) is 7.75. The maximum absolute atomic E-state index is 11.9. The summed E-state index contributed by atoms with van der Waals surface area (Å²) >= 11 is 0. The van der Waals surface area contributed by atoms with Gasteiger partial charge in [-0.2, -0.15) is 5.26 Å². The highest BCUT2D eigenvalue weighted by atomic mass is 16.5. The van der Waals surface area contributed by atoms with E-state index in [0.29, 0.717) is 0 Å². The predicted octanol–water partition coefficient (Wildman–Crippen LogP) is 3.13. The highest BCUT2D eigenvalue weighted by molar-refractivity contribution is 5.79. The third-order valence-corrected chi connectivity index (χ3v) is 3.94. The van der Waals surface area contributed by atoms with Crippen molar-refractivity contribution in [3.05, 3.63) is 65.2 Å². The van der Waals surface area contributed by atoms with Crippen molar-refractivity contribution < 1.29 is 9.53 Å². The second kappa shape index (κ2) is 6.97. The Bertz CT molecular complexity index is 735. The van der Waals surface area contributed by atoms with Crippen LogP contribution in [-0.4, -0.2) is 12.5 Å². The van der Waals surface area contributed by atoms with Gasteiger partial charge in [0.25, 0.3) is 0 Å². The Morgan fingerprint density at radius 3 is 2.83 bits per heavy atom. The van der Waals surface area contributed by atoms with E-state index in [9.17, 15) is 4.79 Å². The number of nitriles is 1. The van der Waals surface area contributed by atoms with Crippen LogP contribution in [0, 0.1) is 11.3 Å². The number of amides is 1. The molecule has 2 aromatic rings. The van der Waals surface area contributed by atoms with Gasteiger partial charge in [0.05, 0.1) is 18.7 Å². The number of hydrogen-bond acceptors (Lipinski definition) is 3. The van der Waals surface area contributed by atoms with E-state index in [1.807, 2.05) is 48.5 Å². The Morgan fingerprint density at radius 1 is 1.22 bits per heavy atom. The normalized spacial score (nSPS) is 14.0. The topological polar surface area (TPSA) is 62.1 Å². The van der Waals surface area contributed by atoms with Gasteiger partial charge in [-0.1, -0.05) is 36.4 Å². The number of rotatable bonds is 4. The average molecular weight is 306 g/mol. The standard InChI is InChI=1S/C19H18N2O2/c20-11-10-18(22)21-19(14-5-2-1-3-6-14)16-8-9-17-15(13-16)7-4-12-23-17/h1-3,5-6,8-9,13,19H,4,7,10,12H2,(H,21,22)/t19-/m1/s1. The van der Waals surface area contributed by atoms with Crippen molar-refractivity contribution in [1.82, 2.24) is 5.32 Å². The molecular weight excluding hydrogens is 288 g/mol. The van der Waals surface area contributed by atoms with Gasteiger partial charge in [-0.05, 0) is 41.7 Å². The second-order valence-electron chi connectivity index (χ2n) is 5.57. The van der Waals surface area contributed by atoms with Gasteiger partial charge in [0.2, 0.25) is 5.91 Å². The molecule has 4 heteroatoms. The fourth-order valence-corrected chi connectivity index (χ4v) is 2.85. The monoisotopic (exact) mass is 306 g/mol. The van der Waals surface area contributed by atoms with Gasteiger partial charge in [-0.25, -0.2) is 0 Å². The minimum Gasteiger partial charge on any atom is -0.493 e. The lowest BCUT2D eigenvalue weighted by Crippen LogP contribution is -2.29. The van der Waals surface area contributed by atoms with E-state index in [0.717, 1.165) is 36.3 Å². The van der Waals surface area contributed by atoms with Crippen molar-refractivity contribution in [3.8, 4) is 11.8 Å². The van der Waals surface area contributed by atoms with E-state index in [1.54, 1.807) is 0 Å². The zero-order chi connectivity index (χ0) is 16.1. The van der Waals surface area contributed by atoms with E-state index in [-0.39, 0.29) is 18.4 Å². The molecule has 3 rings (SSSR count). The average Bonchev–Trinajstić information content (AvgIpc) is 2.60. The quantitative estimate of drug-likeness (QED) is 0.944. The van der Waals surface area contributed by atoms with Crippen molar-refractivity contribution in [2.24, 2.45) is 0 Å². The lowest BCUT2D eigenvalue weighted by atomic mass is 9.94. The molecule has 4 nitrogen and oxygen atoms in total. The molecule has 1 amide bonds. The number of nitrogens with one attached hydrogen (secondary N) is 1. The number of carbonyl (C=O) groups excluding carboxylic acids is 1. The Labute approximate surface area is 135 Å². The molecule has 1 heterocycles. The van der Waals surface area contributed by atoms with Crippen LogP contribution in [0.15, 0.2) is 48.5 Å². The third kappa shape index (κ3) is 3.51. The van der Waals surface area contributed by atoms with Crippen molar-refractivity contribution in [1.29, 1.82) is 5.26 Å². The Balaban J connectivity index is 1.94. The smallest absolute Gasteiger partial charge is 0.234 e. The van der Waals surface area contributed by atoms with Crippen LogP contribution in [0.4, 0.5) is 0 Å². The fraction of sp³-hybridized carbons (Fsp3) is 0.263. The third-order valence-electron chi connectivity index (χ3n) is 3.94. The summed E-state index contributed by atoms with van der Waals surface area (Å²) in [6, 6.07) is 17.5. The van der Waals surface area contributed by atoms with E-state index >= 15 is 0 Å². The molecule has 0 saturated carbocycles. The van der Waals surface area contributed by atoms with Crippen molar-refractivity contribution in [3.63, 3.8) is 0 Å². The number of fused-ring (bicyclic) bond motifs is 1. The summed E-state index contributed by atoms with van der Waals surface area (Å²) in [5.41, 5.74) is 3.17. The van der Waals surface area contributed by atoms with E-state index < -0.39 is 0 Å². The first-order chi connectivity index (χ1) is 11.3. The second-order valence-corrected chi connectivity index (χ2v) is 5.57. The lowest BCUT2D eigenvalue weighted by molar-refractivity contribution is -0.120. The van der Waals surface area contributed by atoms with Crippen molar-refractivity contribution in [2.75, 3.05) is 6.61 Å². The summed E-state index contributed by atoms with van der Waals surface area (Å²) in [4.78, 5) is 11.9. The number of hydrogen-bond donors (Lipinski definition) is 1. The van der Waals surface area contributed by atoms with Crippen LogP contribution in [0.1, 0.15) is 35.6 Å². The van der Waals surface area contributed by atoms with Crippen LogP contribution in [0.2, 0.25) is 0 Å². The fourth-order valence-electron chi connectivity index (χ4n) is 2.85. The Hall–Kier alpha value is -2.80. The SMILES string of the molecule is N#CCC(=O)N[C@H](c1ccccc1)c1ccc2c(c1)CCCO2. The molecule has 1 N–H and O–H groups in total. The molecule has 0 bridgehead atoms. The first-order valence-electron chi connectivity index (χ1n) is 7.75. The minimum absolute atomic E-state index is 0.141. The van der Waals surface area contributed by atoms with Gasteiger partial charge in [-0.15, -0.1) is 0 Å². The number of carbonyl (C=O) groups is 1. The zero-order valence-electron chi connectivity index (χ0n) is 12.8. The van der Waals surface area contributed by atoms with Gasteiger partial charge >= 0.3 is 0 Å². The van der Waals surface area contributed by atoms with Crippen LogP contribution >= 0.6 is 0 Å². The van der Waals surface area contributed by atoms with Crippen LogP contribution < -0.4 is 10.1 Å². The summed E-state index contributed by atoms with van der Waals surface area (Å²) < 4.78 is 5.65. The molecule has 2 aromatic carbocycles. The summed E-state index contributed by atoms with van der Waals surface area (Å²) in [7, 11) is 0. The molecule has 1 atom stereocenters. The summed E-state index contributed by atoms with van der Waals surface area (Å²) in [5.74, 6) is 0.658. The largest absolute Gasteiger partial charge is 0.493 e. The Morgan fingerprint density at radius 2 is 2.04 bits per heavy atom. The van der Waals surface area contributed by atoms with Crippen LogP contribution in [0.25, 0.3) is 0 Å². The highest BCUT2D eigenvalue weighted by Gasteiger charge is 2.19. The first kappa shape index (κ1) is 15.1. The molecule has 0 spiro atoms. The Kier molecular flexibility index (Phi) is 4.58. The number of aryl methyl sites for hydroxylation is 1. The molecule has 0 saturated heterocycles. The van der Waals surface area contributed by atoms with Gasteiger partial charge < -0.3 is 10.1 Å². The molecule has 0 radical (unpaired) electrons. The summed E-state index contributed by atoms with van der Waals surface area (Å²) in [5, 5.41) is 11.7. The van der Waals surface area contributed by atoms with E-state index in [4.69, 9.17) is 10.00 Å². The summed E-state index contributed by atoms with van der Waals surface area (Å²) in [6.45, 7) is 0.757. The van der Waals surface area contributed by atoms with E-state index in [2.05, 4.69) is 11.4 Å². The molecule has 1 aliphatic rings. The van der Waals surface area contributed by atoms with Gasteiger partial charge in [0.15, 0.2) is 0 Å². The number of nitrogens with zero attached hydrogens (tertiary/aromatic N) is 1. The number of benzene rings is 2. The molecule has 0 unspecified atom stereocenters. The minimum atomic E-state index is -0.268. The molecule has 116 valence electrons. The maximum Gasteiger partial charge on any atom is 0.234 e. The summed E-state index contributed by atoms with van der Waals surface area (Å²) in [6.07, 6.45) is 1.85. The van der Waals surface area contributed by atoms with Crippen LogP contribution in [0.5, 0.6) is 5.75 Å². The molecule has 0 aliphatic carbocycles. The molecule has 1 aliphatic heterocycles. The molecule has 0 fully saturated rings. The van der Waals surface area contributed by atoms with Crippen LogP contribution in [-0.2, 0) is 11.2 Å². The van der Waals surface area contributed by atoms with Crippen LogP contribution in [0.3, 0.4) is 0 Å². The maximum atomic E-state index is 11.9. The lowest BCUT2D eigenvalue weighted by Gasteiger charge is -2.23. The van der Waals surface area contributed by atoms with Crippen molar-refractivity contribution >= 4 is 5.91 Å². The zero-order valence-corrected chi connectivity index (χ0v) is 12.8. The predicted molar refractivity (Wildman–Crippen MR) is 86.9 cm³/mol. The van der Waals surface area contributed by atoms with Gasteiger partial charge in [0.1, 0.15) is 12.2 Å². The van der Waals surface area contributed by atoms with Gasteiger partial charge in [-0.3, -0.25) is 4.79 Å². The van der Waals surface area contributed by atoms with Crippen molar-refractivity contribution in [2.45, 2.75) is 25.3 Å². The highest BCUT2D eigenvalue weighted by Crippen LogP contribution is 2.30. The number of ether oxygens (including phenoxy) is 1. The van der Waals surface area contributed by atoms with Gasteiger partial charge in [0, 0.05) is 0 Å².